The topological polar surface area (TPSA) is 105 Å². The van der Waals surface area contributed by atoms with E-state index in [2.05, 4.69) is 237 Å². The molecule has 0 unspecified atom stereocenters. The molecule has 0 fully saturated rings. The van der Waals surface area contributed by atoms with Gasteiger partial charge in [-0.1, -0.05) is 182 Å². The molecule has 418 valence electrons. The van der Waals surface area contributed by atoms with Crippen molar-refractivity contribution in [3.63, 3.8) is 0 Å². The summed E-state index contributed by atoms with van der Waals surface area (Å²) < 4.78 is 58.1. The van der Waals surface area contributed by atoms with Crippen LogP contribution in [0.1, 0.15) is 66.8 Å². The number of para-hydroxylation sites is 8. The Morgan fingerprint density at radius 3 is 0.500 bits per heavy atom. The first-order chi connectivity index (χ1) is 40.9. The largest absolute Gasteiger partial charge is 0.419 e. The second-order valence-corrected chi connectivity index (χ2v) is 27.6. The molecule has 0 aliphatic heterocycles. The van der Waals surface area contributed by atoms with Gasteiger partial charge in [0.1, 0.15) is 44.7 Å². The number of fused-ring (bicyclic) bond motifs is 12. The summed E-state index contributed by atoms with van der Waals surface area (Å²) in [6.45, 7) is 17.0. The Bertz CT molecular complexity index is 4270. The van der Waals surface area contributed by atoms with E-state index in [1.54, 1.807) is 0 Å². The van der Waals surface area contributed by atoms with Gasteiger partial charge in [0.15, 0.2) is 0 Å². The molecule has 0 spiro atoms. The van der Waals surface area contributed by atoms with E-state index in [0.29, 0.717) is 24.6 Å². The lowest BCUT2D eigenvalue weighted by atomic mass is 9.89. The highest BCUT2D eigenvalue weighted by molar-refractivity contribution is 7.37. The van der Waals surface area contributed by atoms with Gasteiger partial charge in [-0.25, -0.2) is 0 Å². The van der Waals surface area contributed by atoms with E-state index < -0.39 is 32.1 Å². The van der Waals surface area contributed by atoms with Crippen molar-refractivity contribution in [1.82, 2.24) is 0 Å². The molecule has 12 heteroatoms. The van der Waals surface area contributed by atoms with Crippen molar-refractivity contribution in [3.05, 3.63) is 249 Å². The van der Waals surface area contributed by atoms with E-state index in [9.17, 15) is 0 Å². The van der Waals surface area contributed by atoms with Gasteiger partial charge in [-0.15, -0.1) is 0 Å². The van der Waals surface area contributed by atoms with Gasteiger partial charge in [-0.3, -0.25) is 0 Å². The molecule has 0 N–H and O–H groups in total. The van der Waals surface area contributed by atoms with Crippen molar-refractivity contribution < 1.29 is 33.6 Å². The Balaban J connectivity index is 1.08. The minimum atomic E-state index is -1.64. The molecule has 0 amide bonds. The Kier molecular flexibility index (Phi) is 14.1. The van der Waals surface area contributed by atoms with Crippen molar-refractivity contribution >= 4 is 120 Å². The lowest BCUT2D eigenvalue weighted by Gasteiger charge is -2.20. The third-order valence-corrected chi connectivity index (χ3v) is 21.8. The summed E-state index contributed by atoms with van der Waals surface area (Å²) in [7, 11) is -6.56. The highest BCUT2D eigenvalue weighted by Gasteiger charge is 2.25. The van der Waals surface area contributed by atoms with Gasteiger partial charge in [0.05, 0.1) is 24.6 Å². The van der Waals surface area contributed by atoms with Crippen molar-refractivity contribution in [2.75, 3.05) is 0 Å². The van der Waals surface area contributed by atoms with Crippen LogP contribution in [-0.4, -0.2) is 0 Å². The van der Waals surface area contributed by atoms with Crippen LogP contribution >= 0.6 is 32.1 Å². The number of hydrogen-bond acceptors (Lipinski definition) is 8. The van der Waals surface area contributed by atoms with Crippen LogP contribution in [0.4, 0.5) is 0 Å². The Hall–Kier alpha value is -8.20. The summed E-state index contributed by atoms with van der Waals surface area (Å²) in [5.41, 5.74) is 21.5. The predicted molar refractivity (Wildman–Crippen MR) is 351 cm³/mol. The molecule has 10 aromatic carbocycles. The minimum absolute atomic E-state index is 0.457. The first-order valence-electron chi connectivity index (χ1n) is 28.5. The second kappa shape index (κ2) is 22.1. The lowest BCUT2D eigenvalue weighted by molar-refractivity contribution is 0.633. The maximum atomic E-state index is 7.26. The minimum Gasteiger partial charge on any atom is -0.419 e. The Morgan fingerprint density at radius 2 is 0.345 bits per heavy atom. The van der Waals surface area contributed by atoms with Crippen LogP contribution in [0.25, 0.3) is 98.9 Å². The monoisotopic (exact) mass is 1180 g/mol. The summed E-state index contributed by atoms with van der Waals surface area (Å²) in [4.78, 5) is 0. The van der Waals surface area contributed by atoms with Crippen molar-refractivity contribution in [3.8, 4) is 11.1 Å². The molecule has 8 nitrogen and oxygen atoms in total. The van der Waals surface area contributed by atoms with Crippen LogP contribution in [0.15, 0.2) is 216 Å². The van der Waals surface area contributed by atoms with Crippen LogP contribution in [0.2, 0.25) is 0 Å². The van der Waals surface area contributed by atoms with Gasteiger partial charge in [0, 0.05) is 43.1 Å². The third-order valence-electron chi connectivity index (χ3n) is 16.3. The summed E-state index contributed by atoms with van der Waals surface area (Å²) in [5, 5.41) is 8.19. The summed E-state index contributed by atoms with van der Waals surface area (Å²) in [6, 6.07) is 64.3. The fraction of sp³-hybridized carbons (Fsp3) is 0.167. The van der Waals surface area contributed by atoms with Crippen LogP contribution in [0, 0.1) is 55.4 Å². The van der Waals surface area contributed by atoms with Crippen molar-refractivity contribution in [1.29, 1.82) is 0 Å². The van der Waals surface area contributed by atoms with Gasteiger partial charge in [0.25, 0.3) is 0 Å². The normalized spacial score (nSPS) is 11.8. The zero-order chi connectivity index (χ0) is 57.3. The third kappa shape index (κ3) is 9.80. The molecule has 4 heterocycles. The average molecular weight is 1180 g/mol. The molecule has 0 atom stereocenters. The van der Waals surface area contributed by atoms with E-state index in [1.807, 2.05) is 0 Å². The number of rotatable bonds is 9. The molecule has 0 bridgehead atoms. The first-order valence-corrected chi connectivity index (χ1v) is 33.9. The highest BCUT2D eigenvalue weighted by Crippen LogP contribution is 2.51. The van der Waals surface area contributed by atoms with E-state index in [4.69, 9.17) is 33.6 Å². The number of hydrogen-bond donors (Lipinski definition) is 0. The van der Waals surface area contributed by atoms with E-state index in [-0.39, 0.29) is 0 Å². The van der Waals surface area contributed by atoms with Gasteiger partial charge in [-0.2, -0.15) is 0 Å². The van der Waals surface area contributed by atoms with Crippen LogP contribution in [0.5, 0.6) is 0 Å². The average Bonchev–Trinajstić information content (AvgIpc) is 3.84. The fourth-order valence-corrected chi connectivity index (χ4v) is 18.5. The van der Waals surface area contributed by atoms with Crippen LogP contribution in [0.3, 0.4) is 0 Å². The van der Waals surface area contributed by atoms with Gasteiger partial charge in [-0.05, 0) is 133 Å². The molecular formula is C72H62O8P4. The molecule has 0 aliphatic carbocycles. The zero-order valence-electron chi connectivity index (χ0n) is 48.2. The van der Waals surface area contributed by atoms with Crippen LogP contribution < -0.4 is 0 Å². The fourth-order valence-electron chi connectivity index (χ4n) is 12.1. The second-order valence-electron chi connectivity index (χ2n) is 22.2. The highest BCUT2D eigenvalue weighted by atomic mass is 31.1. The maximum absolute atomic E-state index is 7.26. The molecule has 4 aromatic heterocycles. The predicted octanol–water partition coefficient (Wildman–Crippen LogP) is 24.4. The molecule has 0 saturated carbocycles. The van der Waals surface area contributed by atoms with E-state index in [0.717, 1.165) is 166 Å². The zero-order valence-corrected chi connectivity index (χ0v) is 51.8. The summed E-state index contributed by atoms with van der Waals surface area (Å²) in [6.07, 6.45) is 1.83. The number of benzene rings is 10. The molecular weight excluding hydrogens is 1120 g/mol. The van der Waals surface area contributed by atoms with Gasteiger partial charge >= 0.3 is 0 Å². The van der Waals surface area contributed by atoms with E-state index >= 15 is 0 Å². The Morgan fingerprint density at radius 1 is 0.202 bits per heavy atom. The molecule has 14 aromatic rings. The Labute approximate surface area is 490 Å². The molecule has 0 saturated heterocycles. The first kappa shape index (κ1) is 53.8. The summed E-state index contributed by atoms with van der Waals surface area (Å²) in [5.74, 6) is 0. The van der Waals surface area contributed by atoms with E-state index in [1.165, 1.54) is 0 Å². The van der Waals surface area contributed by atoms with Crippen molar-refractivity contribution in [2.24, 2.45) is 0 Å². The molecule has 84 heavy (non-hydrogen) atoms. The smallest absolute Gasteiger partial charge is 0.221 e. The van der Waals surface area contributed by atoms with Gasteiger partial charge in [0.2, 0.25) is 32.1 Å². The molecule has 0 radical (unpaired) electrons. The lowest BCUT2D eigenvalue weighted by Crippen LogP contribution is -2.01. The van der Waals surface area contributed by atoms with Crippen LogP contribution in [-0.2, 0) is 24.6 Å². The molecule has 0 aliphatic rings. The maximum Gasteiger partial charge on any atom is 0.221 e. The summed E-state index contributed by atoms with van der Waals surface area (Å²) >= 11 is 0. The van der Waals surface area contributed by atoms with Gasteiger partial charge < -0.3 is 33.6 Å². The number of aryl methyl sites for hydroxylation is 8. The SMILES string of the molecule is Cc1cccc2c1op(Cc1cccc(Cp3oc4c(C)cccc4c4cccc(C)c4o3)c1-c1c(Cp3oc4c(C)cccc4c4cccc(C)c4o3)cccc1Cp1oc3c(C)cccc3c3cccc(C)c3o1)oc1c(C)cccc12. The van der Waals surface area contributed by atoms with Crippen molar-refractivity contribution in [2.45, 2.75) is 80.0 Å². The quantitative estimate of drug-likeness (QED) is 0.141. The standard InChI is InChI=1S/C72H62O8P4/c1-43-19-9-31-55-56-32-10-20-44(2)66(56)74-81(73-65(43)55)39-51-27-17-28-52(40-82-75-67-45(3)21-11-33-57(67)58-34-12-22-46(4)68(58)76-82)63(51)64-53(41-83-77-69-47(5)23-13-35-59(69)60-36-14-24-48(6)70(60)78-83)29-18-30-54(64)42-84-79-71-49(7)25-15-37-61(71)62-38-16-26-50(8)72(62)80-84/h9-38H,39-42H2,1-8H3. The molecule has 14 rings (SSSR count).